The van der Waals surface area contributed by atoms with Crippen molar-refractivity contribution in [2.24, 2.45) is 0 Å². The van der Waals surface area contributed by atoms with Gasteiger partial charge < -0.3 is 20.6 Å². The van der Waals surface area contributed by atoms with Gasteiger partial charge >= 0.3 is 5.97 Å². The molecule has 0 atom stereocenters. The largest absolute Gasteiger partial charge is 0.508 e. The Morgan fingerprint density at radius 3 is 2.60 bits per heavy atom. The van der Waals surface area contributed by atoms with Gasteiger partial charge in [0.05, 0.1) is 0 Å². The summed E-state index contributed by atoms with van der Waals surface area (Å²) in [6.45, 7) is 1.06. The molecule has 4 N–H and O–H groups in total. The van der Waals surface area contributed by atoms with Crippen molar-refractivity contribution in [1.29, 1.82) is 0 Å². The minimum atomic E-state index is -1.19. The number of carboxylic acid groups (broad SMARTS) is 1. The van der Waals surface area contributed by atoms with Crippen LogP contribution < -0.4 is 5.32 Å². The van der Waals surface area contributed by atoms with E-state index in [0.717, 1.165) is 0 Å². The molecule has 0 aliphatic heterocycles. The molecule has 1 aromatic carbocycles. The zero-order chi connectivity index (χ0) is 14.9. The molecule has 0 aliphatic carbocycles. The maximum absolute atomic E-state index is 11.8. The number of phenolic OH excluding ortho intramolecular Hbond substituents is 1. The Bertz CT molecular complexity index is 711. The minimum absolute atomic E-state index is 0.0184. The molecule has 0 saturated heterocycles. The number of nitrogens with zero attached hydrogens (tertiary/aromatic N) is 1. The number of aromatic nitrogens is 1. The molecule has 1 aromatic heterocycles. The average Bonchev–Trinajstić information content (AvgIpc) is 2.40. The molecule has 1 amide bonds. The first-order valence-electron chi connectivity index (χ1n) is 5.72. The summed E-state index contributed by atoms with van der Waals surface area (Å²) in [5, 5.41) is 31.0. The zero-order valence-corrected chi connectivity index (χ0v) is 10.5. The molecule has 20 heavy (non-hydrogen) atoms. The lowest BCUT2D eigenvalue weighted by molar-refractivity contribution is -0.135. The number of rotatable bonds is 3. The van der Waals surface area contributed by atoms with Gasteiger partial charge in [0, 0.05) is 16.5 Å². The number of aliphatic carboxylic acids is 1. The molecule has 7 heteroatoms. The van der Waals surface area contributed by atoms with Gasteiger partial charge in [-0.15, -0.1) is 0 Å². The lowest BCUT2D eigenvalue weighted by atomic mass is 10.1. The van der Waals surface area contributed by atoms with E-state index in [4.69, 9.17) is 5.11 Å². The Balaban J connectivity index is 2.50. The van der Waals surface area contributed by atoms with E-state index in [1.165, 1.54) is 18.2 Å². The number of hydrogen-bond acceptors (Lipinski definition) is 5. The maximum atomic E-state index is 11.8. The van der Waals surface area contributed by atoms with Crippen LogP contribution in [0.5, 0.6) is 11.5 Å². The van der Waals surface area contributed by atoms with Crippen molar-refractivity contribution in [3.8, 4) is 11.5 Å². The van der Waals surface area contributed by atoms with Gasteiger partial charge in [-0.3, -0.25) is 9.59 Å². The summed E-state index contributed by atoms with van der Waals surface area (Å²) in [5.41, 5.74) is 0.191. The summed E-state index contributed by atoms with van der Waals surface area (Å²) >= 11 is 0. The molecule has 0 radical (unpaired) electrons. The highest BCUT2D eigenvalue weighted by molar-refractivity contribution is 6.03. The molecular weight excluding hydrogens is 264 g/mol. The van der Waals surface area contributed by atoms with E-state index in [-0.39, 0.29) is 17.2 Å². The van der Waals surface area contributed by atoms with Gasteiger partial charge in [0.2, 0.25) is 0 Å². The predicted octanol–water partition coefficient (Wildman–Crippen LogP) is 0.769. The molecule has 104 valence electrons. The van der Waals surface area contributed by atoms with Crippen molar-refractivity contribution >= 4 is 22.6 Å². The fraction of sp³-hybridized carbons (Fsp3) is 0.154. The summed E-state index contributed by atoms with van der Waals surface area (Å²) in [4.78, 5) is 26.2. The van der Waals surface area contributed by atoms with E-state index in [2.05, 4.69) is 10.3 Å². The molecule has 0 aliphatic rings. The fourth-order valence-corrected chi connectivity index (χ4v) is 1.84. The zero-order valence-electron chi connectivity index (χ0n) is 10.5. The van der Waals surface area contributed by atoms with Crippen LogP contribution in [-0.2, 0) is 4.79 Å². The summed E-state index contributed by atoms with van der Waals surface area (Å²) in [5.74, 6) is -2.30. The fourth-order valence-electron chi connectivity index (χ4n) is 1.84. The van der Waals surface area contributed by atoms with Crippen molar-refractivity contribution in [3.63, 3.8) is 0 Å². The normalized spacial score (nSPS) is 10.4. The van der Waals surface area contributed by atoms with Crippen LogP contribution in [0.25, 0.3) is 10.8 Å². The van der Waals surface area contributed by atoms with Crippen molar-refractivity contribution in [1.82, 2.24) is 10.3 Å². The molecule has 0 spiro atoms. The second kappa shape index (κ2) is 5.04. The monoisotopic (exact) mass is 276 g/mol. The molecule has 2 aromatic rings. The minimum Gasteiger partial charge on any atom is -0.508 e. The van der Waals surface area contributed by atoms with Crippen LogP contribution in [0.3, 0.4) is 0 Å². The first kappa shape index (κ1) is 13.6. The Labute approximate surface area is 113 Å². The van der Waals surface area contributed by atoms with Gasteiger partial charge in [-0.1, -0.05) is 0 Å². The third kappa shape index (κ3) is 2.46. The van der Waals surface area contributed by atoms with Crippen LogP contribution in [0.15, 0.2) is 18.2 Å². The quantitative estimate of drug-likeness (QED) is 0.657. The van der Waals surface area contributed by atoms with Gasteiger partial charge in [0.15, 0.2) is 11.4 Å². The van der Waals surface area contributed by atoms with Crippen LogP contribution in [-0.4, -0.2) is 38.7 Å². The third-order valence-corrected chi connectivity index (χ3v) is 2.77. The summed E-state index contributed by atoms with van der Waals surface area (Å²) in [7, 11) is 0. The van der Waals surface area contributed by atoms with Gasteiger partial charge in [-0.25, -0.2) is 4.98 Å². The molecule has 2 rings (SSSR count). The van der Waals surface area contributed by atoms with Gasteiger partial charge in [-0.05, 0) is 25.1 Å². The molecule has 0 saturated carbocycles. The van der Waals surface area contributed by atoms with E-state index < -0.39 is 18.4 Å². The van der Waals surface area contributed by atoms with Crippen molar-refractivity contribution in [2.75, 3.05) is 6.54 Å². The van der Waals surface area contributed by atoms with Gasteiger partial charge in [0.25, 0.3) is 5.91 Å². The number of fused-ring (bicyclic) bond motifs is 1. The third-order valence-electron chi connectivity index (χ3n) is 2.77. The highest BCUT2D eigenvalue weighted by atomic mass is 16.4. The standard InChI is InChI=1S/C13H12N2O5/c1-6-9-4-7(16)2-3-8(9)12(19)11(15-6)13(20)14-5-10(17)18/h2-4,16,19H,5H2,1H3,(H,14,20)(H,17,18). The van der Waals surface area contributed by atoms with Crippen LogP contribution >= 0.6 is 0 Å². The molecule has 7 nitrogen and oxygen atoms in total. The van der Waals surface area contributed by atoms with Crippen molar-refractivity contribution in [3.05, 3.63) is 29.6 Å². The second-order valence-corrected chi connectivity index (χ2v) is 4.20. The maximum Gasteiger partial charge on any atom is 0.322 e. The number of aryl methyl sites for hydroxylation is 1. The number of carbonyl (C=O) groups excluding carboxylic acids is 1. The van der Waals surface area contributed by atoms with E-state index >= 15 is 0 Å². The van der Waals surface area contributed by atoms with E-state index in [0.29, 0.717) is 16.5 Å². The summed E-state index contributed by atoms with van der Waals surface area (Å²) < 4.78 is 0. The lowest BCUT2D eigenvalue weighted by Crippen LogP contribution is -2.30. The molecule has 0 fully saturated rings. The van der Waals surface area contributed by atoms with Crippen LogP contribution in [0.2, 0.25) is 0 Å². The number of hydrogen-bond donors (Lipinski definition) is 4. The number of amides is 1. The summed E-state index contributed by atoms with van der Waals surface area (Å²) in [6.07, 6.45) is 0. The Morgan fingerprint density at radius 1 is 1.25 bits per heavy atom. The highest BCUT2D eigenvalue weighted by Gasteiger charge is 2.18. The van der Waals surface area contributed by atoms with Crippen molar-refractivity contribution < 1.29 is 24.9 Å². The van der Waals surface area contributed by atoms with E-state index in [1.807, 2.05) is 0 Å². The Kier molecular flexibility index (Phi) is 3.43. The van der Waals surface area contributed by atoms with E-state index in [9.17, 15) is 19.8 Å². The van der Waals surface area contributed by atoms with Crippen molar-refractivity contribution in [2.45, 2.75) is 6.92 Å². The Hall–Kier alpha value is -2.83. The van der Waals surface area contributed by atoms with Crippen LogP contribution in [0.1, 0.15) is 16.2 Å². The van der Waals surface area contributed by atoms with Crippen LogP contribution in [0.4, 0.5) is 0 Å². The molecule has 0 bridgehead atoms. The number of benzene rings is 1. The number of phenols is 1. The van der Waals surface area contributed by atoms with Crippen LogP contribution in [0, 0.1) is 6.92 Å². The second-order valence-electron chi connectivity index (χ2n) is 4.20. The first-order valence-corrected chi connectivity index (χ1v) is 5.72. The predicted molar refractivity (Wildman–Crippen MR) is 69.8 cm³/mol. The number of aromatic hydroxyl groups is 2. The van der Waals surface area contributed by atoms with E-state index in [1.54, 1.807) is 6.92 Å². The number of pyridine rings is 1. The number of carboxylic acids is 1. The number of nitrogens with one attached hydrogen (secondary N) is 1. The topological polar surface area (TPSA) is 120 Å². The molecular formula is C13H12N2O5. The Morgan fingerprint density at radius 2 is 1.95 bits per heavy atom. The van der Waals surface area contributed by atoms with Gasteiger partial charge in [-0.2, -0.15) is 0 Å². The first-order chi connectivity index (χ1) is 9.40. The number of carbonyl (C=O) groups is 2. The molecule has 1 heterocycles. The lowest BCUT2D eigenvalue weighted by Gasteiger charge is -2.10. The smallest absolute Gasteiger partial charge is 0.322 e. The van der Waals surface area contributed by atoms with Gasteiger partial charge in [0.1, 0.15) is 12.3 Å². The average molecular weight is 276 g/mol. The SMILES string of the molecule is Cc1nc(C(=O)NCC(=O)O)c(O)c2ccc(O)cc12. The molecule has 0 unspecified atom stereocenters. The highest BCUT2D eigenvalue weighted by Crippen LogP contribution is 2.31. The summed E-state index contributed by atoms with van der Waals surface area (Å²) in [6, 6.07) is 4.26.